The minimum Gasteiger partial charge on any atom is -0.396 e. The zero-order valence-corrected chi connectivity index (χ0v) is 18.1. The predicted octanol–water partition coefficient (Wildman–Crippen LogP) is 5.19. The zero-order chi connectivity index (χ0) is 20.9. The van der Waals surface area contributed by atoms with E-state index in [1.807, 2.05) is 0 Å². The molecule has 0 saturated heterocycles. The molecule has 3 N–H and O–H groups in total. The van der Waals surface area contributed by atoms with Crippen LogP contribution in [-0.4, -0.2) is 33.9 Å². The molecule has 30 heavy (non-hydrogen) atoms. The fourth-order valence-electron chi connectivity index (χ4n) is 5.27. The largest absolute Gasteiger partial charge is 0.396 e. The highest BCUT2D eigenvalue weighted by molar-refractivity contribution is 5.88. The first-order valence-corrected chi connectivity index (χ1v) is 11.2. The summed E-state index contributed by atoms with van der Waals surface area (Å²) in [5.41, 5.74) is 8.03. The van der Waals surface area contributed by atoms with E-state index in [1.54, 1.807) is 0 Å². The molecule has 1 atom stereocenters. The van der Waals surface area contributed by atoms with Gasteiger partial charge in [-0.25, -0.2) is 0 Å². The number of hydrogen-bond acceptors (Lipinski definition) is 3. The van der Waals surface area contributed by atoms with Gasteiger partial charge in [0.2, 0.25) is 0 Å². The summed E-state index contributed by atoms with van der Waals surface area (Å²) in [6.07, 6.45) is 7.95. The molecule has 1 fully saturated rings. The van der Waals surface area contributed by atoms with Gasteiger partial charge in [0, 0.05) is 47.2 Å². The molecule has 2 heterocycles. The number of benzene rings is 1. The molecule has 1 aromatic carbocycles. The summed E-state index contributed by atoms with van der Waals surface area (Å²) in [6.45, 7) is 6.76. The molecule has 2 aromatic heterocycles. The summed E-state index contributed by atoms with van der Waals surface area (Å²) >= 11 is 0. The van der Waals surface area contributed by atoms with Crippen LogP contribution in [0.1, 0.15) is 50.3 Å². The van der Waals surface area contributed by atoms with Gasteiger partial charge in [0.25, 0.3) is 0 Å². The maximum Gasteiger partial charge on any atom is 0.112 e. The zero-order valence-electron chi connectivity index (χ0n) is 18.1. The summed E-state index contributed by atoms with van der Waals surface area (Å²) in [7, 11) is 2.13. The Balaban J connectivity index is 1.43. The van der Waals surface area contributed by atoms with Gasteiger partial charge in [0.1, 0.15) is 5.69 Å². The Hall–Kier alpha value is -2.53. The molecule has 0 aliphatic heterocycles. The molecule has 158 valence electrons. The Morgan fingerprint density at radius 1 is 1.30 bits per heavy atom. The van der Waals surface area contributed by atoms with E-state index in [-0.39, 0.29) is 12.0 Å². The number of aliphatic hydroxyl groups is 1. The van der Waals surface area contributed by atoms with E-state index in [0.717, 1.165) is 36.2 Å². The average molecular weight is 405 g/mol. The molecular formula is C25H32N4O. The first-order valence-electron chi connectivity index (χ1n) is 11.2. The van der Waals surface area contributed by atoms with Crippen molar-refractivity contribution in [1.82, 2.24) is 15.2 Å². The third-order valence-corrected chi connectivity index (χ3v) is 7.42. The Labute approximate surface area is 178 Å². The molecule has 5 rings (SSSR count). The van der Waals surface area contributed by atoms with Crippen molar-refractivity contribution in [2.75, 3.05) is 18.6 Å². The molecule has 0 spiro atoms. The summed E-state index contributed by atoms with van der Waals surface area (Å²) < 4.78 is 0. The van der Waals surface area contributed by atoms with Gasteiger partial charge < -0.3 is 15.0 Å². The van der Waals surface area contributed by atoms with Gasteiger partial charge in [-0.3, -0.25) is 5.10 Å². The molecule has 2 aliphatic rings. The van der Waals surface area contributed by atoms with Gasteiger partial charge in [0.05, 0.1) is 5.69 Å². The van der Waals surface area contributed by atoms with Crippen LogP contribution in [0.2, 0.25) is 0 Å². The monoisotopic (exact) mass is 404 g/mol. The molecular weight excluding hydrogens is 372 g/mol. The molecule has 1 saturated carbocycles. The number of aromatic nitrogens is 3. The lowest BCUT2D eigenvalue weighted by atomic mass is 9.75. The minimum atomic E-state index is -0.0432. The second-order valence-corrected chi connectivity index (χ2v) is 9.66. The molecule has 1 unspecified atom stereocenters. The van der Waals surface area contributed by atoms with Crippen molar-refractivity contribution in [2.45, 2.75) is 51.9 Å². The van der Waals surface area contributed by atoms with E-state index < -0.39 is 0 Å². The number of hydrogen-bond donors (Lipinski definition) is 3. The lowest BCUT2D eigenvalue weighted by molar-refractivity contribution is 0.126. The molecule has 5 nitrogen and oxygen atoms in total. The van der Waals surface area contributed by atoms with Gasteiger partial charge in [-0.05, 0) is 61.6 Å². The Bertz CT molecular complexity index is 1090. The maximum absolute atomic E-state index is 9.72. The number of aliphatic hydroxyl groups excluding tert-OH is 1. The molecule has 5 heteroatoms. The topological polar surface area (TPSA) is 67.9 Å². The van der Waals surface area contributed by atoms with E-state index in [0.29, 0.717) is 5.92 Å². The highest BCUT2D eigenvalue weighted by Gasteiger charge is 2.32. The van der Waals surface area contributed by atoms with Crippen molar-refractivity contribution in [3.8, 4) is 11.4 Å². The quantitative estimate of drug-likeness (QED) is 0.548. The van der Waals surface area contributed by atoms with Crippen molar-refractivity contribution in [1.29, 1.82) is 0 Å². The van der Waals surface area contributed by atoms with E-state index in [4.69, 9.17) is 0 Å². The lowest BCUT2D eigenvalue weighted by Gasteiger charge is -2.31. The lowest BCUT2D eigenvalue weighted by Crippen LogP contribution is -2.29. The number of fused-ring (bicyclic) bond motifs is 2. The van der Waals surface area contributed by atoms with Crippen LogP contribution in [0.3, 0.4) is 0 Å². The van der Waals surface area contributed by atoms with Crippen LogP contribution in [0, 0.1) is 11.3 Å². The van der Waals surface area contributed by atoms with E-state index in [2.05, 4.69) is 64.9 Å². The van der Waals surface area contributed by atoms with Crippen LogP contribution < -0.4 is 4.90 Å². The molecule has 0 bridgehead atoms. The standard InChI is InChI=1S/C25H32N4O/c1-16(17-6-4-5-7-17)29(3)19-9-8-18-12-22(26-21(18)13-19)24-20-10-11-25(2,15-30)14-23(20)27-28-24/h8-9,12-13,17,26,30H,1,4-7,10-11,14-15H2,2-3H3,(H,27,28). The fourth-order valence-corrected chi connectivity index (χ4v) is 5.27. The number of anilines is 1. The van der Waals surface area contributed by atoms with Crippen LogP contribution in [0.5, 0.6) is 0 Å². The average Bonchev–Trinajstić information content (AvgIpc) is 3.50. The first-order chi connectivity index (χ1) is 14.5. The van der Waals surface area contributed by atoms with Crippen molar-refractivity contribution >= 4 is 16.6 Å². The number of allylic oxidation sites excluding steroid dienone is 1. The van der Waals surface area contributed by atoms with Crippen molar-refractivity contribution in [2.24, 2.45) is 11.3 Å². The van der Waals surface area contributed by atoms with Crippen LogP contribution >= 0.6 is 0 Å². The summed E-state index contributed by atoms with van der Waals surface area (Å²) in [6, 6.07) is 8.79. The fraction of sp³-hybridized carbons (Fsp3) is 0.480. The molecule has 3 aromatic rings. The smallest absolute Gasteiger partial charge is 0.112 e. The number of nitrogens with one attached hydrogen (secondary N) is 2. The molecule has 2 aliphatic carbocycles. The van der Waals surface area contributed by atoms with E-state index in [1.165, 1.54) is 53.7 Å². The predicted molar refractivity (Wildman–Crippen MR) is 123 cm³/mol. The van der Waals surface area contributed by atoms with Crippen LogP contribution in [-0.2, 0) is 12.8 Å². The van der Waals surface area contributed by atoms with Gasteiger partial charge in [-0.15, -0.1) is 0 Å². The minimum absolute atomic E-state index is 0.0432. The number of nitrogens with zero attached hydrogens (tertiary/aromatic N) is 2. The Morgan fingerprint density at radius 2 is 2.10 bits per heavy atom. The number of aromatic amines is 2. The summed E-state index contributed by atoms with van der Waals surface area (Å²) in [4.78, 5) is 5.85. The number of H-pyrrole nitrogens is 2. The SMILES string of the molecule is C=C(C1CCCC1)N(C)c1ccc2cc(-c3n[nH]c4c3CCC(C)(CO)C4)[nH]c2c1. The van der Waals surface area contributed by atoms with Crippen LogP contribution in [0.4, 0.5) is 5.69 Å². The van der Waals surface area contributed by atoms with E-state index >= 15 is 0 Å². The van der Waals surface area contributed by atoms with Gasteiger partial charge >= 0.3 is 0 Å². The second-order valence-electron chi connectivity index (χ2n) is 9.66. The van der Waals surface area contributed by atoms with Gasteiger partial charge in [-0.2, -0.15) is 5.10 Å². The van der Waals surface area contributed by atoms with E-state index in [9.17, 15) is 5.11 Å². The normalized spacial score (nSPS) is 21.8. The van der Waals surface area contributed by atoms with Crippen LogP contribution in [0.25, 0.3) is 22.3 Å². The Morgan fingerprint density at radius 3 is 2.87 bits per heavy atom. The summed E-state index contributed by atoms with van der Waals surface area (Å²) in [5, 5.41) is 18.8. The highest BCUT2D eigenvalue weighted by Crippen LogP contribution is 2.39. The van der Waals surface area contributed by atoms with Crippen molar-refractivity contribution in [3.05, 3.63) is 47.8 Å². The summed E-state index contributed by atoms with van der Waals surface area (Å²) in [5.74, 6) is 0.616. The highest BCUT2D eigenvalue weighted by atomic mass is 16.3. The maximum atomic E-state index is 9.72. The third-order valence-electron chi connectivity index (χ3n) is 7.42. The van der Waals surface area contributed by atoms with Crippen molar-refractivity contribution < 1.29 is 5.11 Å². The van der Waals surface area contributed by atoms with Crippen molar-refractivity contribution in [3.63, 3.8) is 0 Å². The first kappa shape index (κ1) is 19.4. The van der Waals surface area contributed by atoms with Gasteiger partial charge in [-0.1, -0.05) is 32.4 Å². The van der Waals surface area contributed by atoms with Crippen LogP contribution in [0.15, 0.2) is 36.5 Å². The number of rotatable bonds is 5. The van der Waals surface area contributed by atoms with Gasteiger partial charge in [0.15, 0.2) is 0 Å². The third kappa shape index (κ3) is 3.25. The molecule has 0 radical (unpaired) electrons. The molecule has 0 amide bonds. The Kier molecular flexibility index (Phi) is 4.73. The second kappa shape index (κ2) is 7.31.